The Morgan fingerprint density at radius 1 is 1.06 bits per heavy atom. The third-order valence-electron chi connectivity index (χ3n) is 7.81. The standard InChI is InChI=1S/C31H35F3N6O4S.2CH4/c1-39(2)22-11-9-21(10-12-22)36-26-7-4-8-28-25(26)18-23(40(28)20-31(32,33)34)6-5-16-35-27-14-13-24(19-29(27)43-3)45(41,42)38-30-15-17-44-37-30;;/h4,7-8,13-15,17-19,21-22,35-36H,9-12,16,20H2,1-3H3,(H,37,38);2*1H4. The highest BCUT2D eigenvalue weighted by atomic mass is 32.2. The van der Waals surface area contributed by atoms with E-state index in [0.717, 1.165) is 31.4 Å². The Balaban J connectivity index is 0.00000300. The molecule has 47 heavy (non-hydrogen) atoms. The number of benzene rings is 2. The van der Waals surface area contributed by atoms with Crippen molar-refractivity contribution in [1.29, 1.82) is 0 Å². The van der Waals surface area contributed by atoms with Crippen molar-refractivity contribution >= 4 is 38.1 Å². The van der Waals surface area contributed by atoms with Gasteiger partial charge in [0.1, 0.15) is 18.6 Å². The molecule has 0 unspecified atom stereocenters. The number of hydrogen-bond donors (Lipinski definition) is 3. The molecule has 0 aliphatic heterocycles. The summed E-state index contributed by atoms with van der Waals surface area (Å²) in [4.78, 5) is 2.18. The molecule has 0 atom stereocenters. The minimum Gasteiger partial charge on any atom is -0.495 e. The third kappa shape index (κ3) is 9.14. The lowest BCUT2D eigenvalue weighted by atomic mass is 9.90. The van der Waals surface area contributed by atoms with E-state index in [-0.39, 0.29) is 49.6 Å². The summed E-state index contributed by atoms with van der Waals surface area (Å²) in [6.07, 6.45) is 0.880. The van der Waals surface area contributed by atoms with Gasteiger partial charge in [0.15, 0.2) is 5.82 Å². The summed E-state index contributed by atoms with van der Waals surface area (Å²) in [6.45, 7) is -1.11. The highest BCUT2D eigenvalue weighted by molar-refractivity contribution is 7.92. The van der Waals surface area contributed by atoms with Crippen molar-refractivity contribution in [2.45, 2.75) is 70.2 Å². The molecule has 1 aliphatic rings. The summed E-state index contributed by atoms with van der Waals surface area (Å²) in [6, 6.07) is 13.4. The number of fused-ring (bicyclic) bond motifs is 1. The number of rotatable bonds is 10. The number of methoxy groups -OCH3 is 1. The summed E-state index contributed by atoms with van der Waals surface area (Å²) in [5.74, 6) is 6.07. The lowest BCUT2D eigenvalue weighted by Crippen LogP contribution is -2.36. The van der Waals surface area contributed by atoms with Crippen LogP contribution in [0.5, 0.6) is 5.75 Å². The van der Waals surface area contributed by atoms with Gasteiger partial charge in [0.05, 0.1) is 35.4 Å². The van der Waals surface area contributed by atoms with Gasteiger partial charge in [-0.3, -0.25) is 4.72 Å². The van der Waals surface area contributed by atoms with Gasteiger partial charge in [-0.05, 0) is 76.0 Å². The van der Waals surface area contributed by atoms with Crippen molar-refractivity contribution in [3.05, 3.63) is 60.5 Å². The van der Waals surface area contributed by atoms with Crippen LogP contribution < -0.4 is 20.1 Å². The number of aromatic nitrogens is 2. The van der Waals surface area contributed by atoms with Gasteiger partial charge >= 0.3 is 6.18 Å². The number of halogens is 3. The molecular weight excluding hydrogens is 633 g/mol. The van der Waals surface area contributed by atoms with Crippen molar-refractivity contribution in [3.8, 4) is 17.6 Å². The van der Waals surface area contributed by atoms with Gasteiger partial charge in [-0.25, -0.2) is 8.42 Å². The largest absolute Gasteiger partial charge is 0.495 e. The van der Waals surface area contributed by atoms with Crippen molar-refractivity contribution < 1.29 is 30.8 Å². The number of sulfonamides is 1. The zero-order chi connectivity index (χ0) is 32.2. The molecule has 4 aromatic rings. The number of alkyl halides is 3. The molecule has 1 aliphatic carbocycles. The topological polar surface area (TPSA) is 114 Å². The summed E-state index contributed by atoms with van der Waals surface area (Å²) >= 11 is 0. The number of nitrogens with one attached hydrogen (secondary N) is 3. The molecule has 0 radical (unpaired) electrons. The van der Waals surface area contributed by atoms with Gasteiger partial charge in [-0.1, -0.05) is 32.0 Å². The fourth-order valence-electron chi connectivity index (χ4n) is 5.54. The Morgan fingerprint density at radius 3 is 2.45 bits per heavy atom. The van der Waals surface area contributed by atoms with E-state index >= 15 is 0 Å². The monoisotopic (exact) mass is 676 g/mol. The molecule has 5 rings (SSSR count). The van der Waals surface area contributed by atoms with Crippen LogP contribution in [0, 0.1) is 11.8 Å². The maximum absolute atomic E-state index is 13.6. The highest BCUT2D eigenvalue weighted by Gasteiger charge is 2.30. The van der Waals surface area contributed by atoms with Gasteiger partial charge in [0.25, 0.3) is 10.0 Å². The zero-order valence-electron chi connectivity index (χ0n) is 25.1. The van der Waals surface area contributed by atoms with Crippen LogP contribution >= 0.6 is 0 Å². The van der Waals surface area contributed by atoms with Crippen molar-refractivity contribution in [2.75, 3.05) is 43.1 Å². The van der Waals surface area contributed by atoms with Crippen LogP contribution in [0.3, 0.4) is 0 Å². The molecule has 10 nitrogen and oxygen atoms in total. The molecule has 14 heteroatoms. The van der Waals surface area contributed by atoms with E-state index < -0.39 is 22.7 Å². The van der Waals surface area contributed by atoms with Gasteiger partial charge in [0.2, 0.25) is 0 Å². The van der Waals surface area contributed by atoms with Gasteiger partial charge in [0, 0.05) is 35.3 Å². The summed E-state index contributed by atoms with van der Waals surface area (Å²) in [7, 11) is 1.60. The molecule has 2 heterocycles. The quantitative estimate of drug-likeness (QED) is 0.154. The smallest absolute Gasteiger partial charge is 0.406 e. The Bertz CT molecular complexity index is 1790. The van der Waals surface area contributed by atoms with Gasteiger partial charge in [-0.15, -0.1) is 0 Å². The van der Waals surface area contributed by atoms with Crippen LogP contribution in [0.25, 0.3) is 10.9 Å². The van der Waals surface area contributed by atoms with Gasteiger partial charge < -0.3 is 29.4 Å². The first-order valence-corrected chi connectivity index (χ1v) is 15.9. The van der Waals surface area contributed by atoms with Crippen LogP contribution in [0.2, 0.25) is 0 Å². The average molecular weight is 677 g/mol. The molecular formula is C33H43F3N6O4S. The molecule has 2 aromatic carbocycles. The number of nitrogens with zero attached hydrogens (tertiary/aromatic N) is 3. The molecule has 0 saturated heterocycles. The van der Waals surface area contributed by atoms with E-state index in [1.54, 1.807) is 18.2 Å². The number of ether oxygens (including phenoxy) is 1. The number of hydrogen-bond acceptors (Lipinski definition) is 8. The first-order valence-electron chi connectivity index (χ1n) is 14.4. The van der Waals surface area contributed by atoms with Crippen molar-refractivity contribution in [2.24, 2.45) is 0 Å². The zero-order valence-corrected chi connectivity index (χ0v) is 25.9. The first kappa shape index (κ1) is 37.1. The summed E-state index contributed by atoms with van der Waals surface area (Å²) < 4.78 is 79.8. The fourth-order valence-corrected chi connectivity index (χ4v) is 6.55. The predicted octanol–water partition coefficient (Wildman–Crippen LogP) is 7.02. The maximum atomic E-state index is 13.6. The molecule has 3 N–H and O–H groups in total. The Kier molecular flexibility index (Phi) is 12.2. The van der Waals surface area contributed by atoms with Crippen molar-refractivity contribution in [3.63, 3.8) is 0 Å². The van der Waals surface area contributed by atoms with Crippen LogP contribution in [0.1, 0.15) is 46.2 Å². The Morgan fingerprint density at radius 2 is 1.81 bits per heavy atom. The molecule has 256 valence electrons. The highest BCUT2D eigenvalue weighted by Crippen LogP contribution is 2.33. The summed E-state index contributed by atoms with van der Waals surface area (Å²) in [5.41, 5.74) is 1.94. The molecule has 1 saturated carbocycles. The van der Waals surface area contributed by atoms with E-state index in [1.165, 1.54) is 42.2 Å². The second kappa shape index (κ2) is 15.5. The van der Waals surface area contributed by atoms with Gasteiger partial charge in [-0.2, -0.15) is 13.2 Å². The van der Waals surface area contributed by atoms with Crippen LogP contribution in [-0.2, 0) is 16.6 Å². The van der Waals surface area contributed by atoms with Crippen molar-refractivity contribution in [1.82, 2.24) is 14.6 Å². The second-order valence-corrected chi connectivity index (χ2v) is 12.8. The van der Waals surface area contributed by atoms with Crippen LogP contribution in [0.15, 0.2) is 64.2 Å². The molecule has 1 fully saturated rings. The molecule has 2 aromatic heterocycles. The van der Waals surface area contributed by atoms with E-state index in [9.17, 15) is 21.6 Å². The molecule has 0 bridgehead atoms. The minimum atomic E-state index is -4.44. The fraction of sp³-hybridized carbons (Fsp3) is 0.424. The minimum absolute atomic E-state index is 0. The predicted molar refractivity (Wildman–Crippen MR) is 180 cm³/mol. The van der Waals surface area contributed by atoms with E-state index in [2.05, 4.69) is 55.9 Å². The molecule has 0 spiro atoms. The molecule has 0 amide bonds. The normalized spacial score (nSPS) is 16.4. The average Bonchev–Trinajstić information content (AvgIpc) is 3.62. The van der Waals surface area contributed by atoms with Crippen LogP contribution in [-0.4, -0.2) is 69.1 Å². The summed E-state index contributed by atoms with van der Waals surface area (Å²) in [5, 5.41) is 10.9. The second-order valence-electron chi connectivity index (χ2n) is 11.1. The first-order chi connectivity index (χ1) is 21.4. The Hall–Kier alpha value is -4.35. The Labute approximate surface area is 274 Å². The van der Waals surface area contributed by atoms with E-state index in [1.807, 2.05) is 6.07 Å². The van der Waals surface area contributed by atoms with E-state index in [0.29, 0.717) is 22.6 Å². The van der Waals surface area contributed by atoms with Crippen LogP contribution in [0.4, 0.5) is 30.4 Å². The SMILES string of the molecule is C.C.COc1cc(S(=O)(=O)Nc2ccon2)ccc1NCC#Cc1cc2c(NC3CCC(N(C)C)CC3)cccc2n1CC(F)(F)F. The van der Waals surface area contributed by atoms with E-state index in [4.69, 9.17) is 4.74 Å². The lowest BCUT2D eigenvalue weighted by molar-refractivity contribution is -0.140. The number of anilines is 3. The third-order valence-corrected chi connectivity index (χ3v) is 9.17. The lowest BCUT2D eigenvalue weighted by Gasteiger charge is -2.33. The maximum Gasteiger partial charge on any atom is 0.406 e.